The number of hydrogen-bond donors (Lipinski definition) is 5. The van der Waals surface area contributed by atoms with Crippen molar-refractivity contribution < 1.29 is 73.1 Å². The molecule has 3 rings (SSSR count). The van der Waals surface area contributed by atoms with Crippen molar-refractivity contribution in [1.29, 1.82) is 0 Å². The number of cyclic esters (lactones) is 1. The summed E-state index contributed by atoms with van der Waals surface area (Å²) in [5.74, 6) is -4.14. The first-order chi connectivity index (χ1) is 27.0. The zero-order chi connectivity index (χ0) is 43.9. The van der Waals surface area contributed by atoms with Crippen LogP contribution in [0.5, 0.6) is 0 Å². The van der Waals surface area contributed by atoms with Gasteiger partial charge in [0.2, 0.25) is 6.79 Å². The minimum atomic E-state index is -1.97. The number of carbonyl (C=O) groups is 1. The van der Waals surface area contributed by atoms with Crippen LogP contribution in [0.1, 0.15) is 94.9 Å². The van der Waals surface area contributed by atoms with E-state index in [-0.39, 0.29) is 44.8 Å². The molecule has 58 heavy (non-hydrogen) atoms. The Morgan fingerprint density at radius 1 is 0.897 bits per heavy atom. The van der Waals surface area contributed by atoms with E-state index in [1.165, 1.54) is 14.0 Å². The number of carbonyl (C=O) groups excluding carboxylic acids is 1. The summed E-state index contributed by atoms with van der Waals surface area (Å²) in [6.07, 6.45) is -9.49. The zero-order valence-corrected chi connectivity index (χ0v) is 37.3. The van der Waals surface area contributed by atoms with Gasteiger partial charge in [0.05, 0.1) is 66.6 Å². The third kappa shape index (κ3) is 12.1. The summed E-state index contributed by atoms with van der Waals surface area (Å²) in [7, 11) is 6.76. The van der Waals surface area contributed by atoms with E-state index in [1.807, 2.05) is 32.8 Å². The third-order valence-corrected chi connectivity index (χ3v) is 12.6. The predicted molar refractivity (Wildman–Crippen MR) is 212 cm³/mol. The molecule has 0 aliphatic carbocycles. The molecule has 0 aromatic heterocycles. The Kier molecular flexibility index (Phi) is 18.8. The van der Waals surface area contributed by atoms with E-state index in [0.717, 1.165) is 0 Å². The molecule has 18 atom stereocenters. The smallest absolute Gasteiger partial charge is 0.311 e. The number of esters is 1. The number of nitrogens with zero attached hydrogens (tertiary/aromatic N) is 2. The molecule has 0 amide bonds. The van der Waals surface area contributed by atoms with E-state index in [1.54, 1.807) is 55.6 Å². The van der Waals surface area contributed by atoms with Crippen LogP contribution in [-0.4, -0.2) is 175 Å². The SMILES string of the molecule is CC[C@H]1OC(=O)[C@H](C)[C@@H](O[C@H]2C[C@@](C)(OC)[C@@H](O)[C@H](C)O2)C(C)[C@@H](O[C@@H]2O[C@H](C)C[C@H](N(C)C)[C@H]2O)[C@](C)(O)C[C@@H](C)/C(=N\OCOCCOC)[C@H](C)[C@@H](O)[C@]1(C)O. The van der Waals surface area contributed by atoms with Gasteiger partial charge in [-0.15, -0.1) is 0 Å². The van der Waals surface area contributed by atoms with Crippen LogP contribution in [0.3, 0.4) is 0 Å². The molecule has 0 saturated carbocycles. The molecule has 340 valence electrons. The van der Waals surface area contributed by atoms with Gasteiger partial charge in [0.1, 0.15) is 23.9 Å². The van der Waals surface area contributed by atoms with Crippen LogP contribution in [-0.2, 0) is 47.5 Å². The number of ether oxygens (including phenoxy) is 8. The van der Waals surface area contributed by atoms with E-state index in [2.05, 4.69) is 5.16 Å². The molecule has 5 N–H and O–H groups in total. The maximum atomic E-state index is 14.3. The van der Waals surface area contributed by atoms with E-state index < -0.39 is 102 Å². The normalized spacial score (nSPS) is 45.8. The first kappa shape index (κ1) is 50.8. The Bertz CT molecular complexity index is 1300. The maximum Gasteiger partial charge on any atom is 0.311 e. The molecule has 3 saturated heterocycles. The lowest BCUT2D eigenvalue weighted by Crippen LogP contribution is -2.61. The van der Waals surface area contributed by atoms with Crippen LogP contribution in [0.15, 0.2) is 5.16 Å². The van der Waals surface area contributed by atoms with Gasteiger partial charge in [0, 0.05) is 44.4 Å². The fraction of sp³-hybridized carbons (Fsp3) is 0.951. The number of methoxy groups -OCH3 is 2. The van der Waals surface area contributed by atoms with Crippen LogP contribution < -0.4 is 0 Å². The largest absolute Gasteiger partial charge is 0.459 e. The lowest BCUT2D eigenvalue weighted by molar-refractivity contribution is -0.317. The van der Waals surface area contributed by atoms with Gasteiger partial charge >= 0.3 is 5.97 Å². The minimum Gasteiger partial charge on any atom is -0.459 e. The Balaban J connectivity index is 2.22. The summed E-state index contributed by atoms with van der Waals surface area (Å²) < 4.78 is 48.1. The highest BCUT2D eigenvalue weighted by molar-refractivity contribution is 5.88. The zero-order valence-electron chi connectivity index (χ0n) is 37.3. The third-order valence-electron chi connectivity index (χ3n) is 12.6. The van der Waals surface area contributed by atoms with Crippen molar-refractivity contribution in [2.24, 2.45) is 28.8 Å². The van der Waals surface area contributed by atoms with Gasteiger partial charge in [-0.05, 0) is 74.9 Å². The summed E-state index contributed by atoms with van der Waals surface area (Å²) in [5, 5.41) is 63.6. The molecular weight excluding hydrogens is 760 g/mol. The van der Waals surface area contributed by atoms with Gasteiger partial charge in [-0.1, -0.05) is 32.9 Å². The van der Waals surface area contributed by atoms with E-state index in [4.69, 9.17) is 42.7 Å². The van der Waals surface area contributed by atoms with Gasteiger partial charge in [0.15, 0.2) is 12.6 Å². The summed E-state index contributed by atoms with van der Waals surface area (Å²) in [5.41, 5.74) is -4.49. The van der Waals surface area contributed by atoms with Gasteiger partial charge in [0.25, 0.3) is 0 Å². The number of aliphatic hydroxyl groups excluding tert-OH is 3. The Morgan fingerprint density at radius 2 is 1.55 bits per heavy atom. The van der Waals surface area contributed by atoms with Crippen molar-refractivity contribution in [3.05, 3.63) is 0 Å². The number of likely N-dealkylation sites (N-methyl/N-ethyl adjacent to an activating group) is 1. The molecule has 0 aromatic rings. The fourth-order valence-corrected chi connectivity index (χ4v) is 8.93. The van der Waals surface area contributed by atoms with Crippen molar-refractivity contribution in [2.45, 2.75) is 179 Å². The van der Waals surface area contributed by atoms with Crippen LogP contribution in [0.25, 0.3) is 0 Å². The number of oxime groups is 1. The molecule has 0 aromatic carbocycles. The molecule has 0 radical (unpaired) electrons. The Hall–Kier alpha value is -1.58. The van der Waals surface area contributed by atoms with Crippen molar-refractivity contribution in [1.82, 2.24) is 4.90 Å². The fourth-order valence-electron chi connectivity index (χ4n) is 8.93. The average Bonchev–Trinajstić information content (AvgIpc) is 3.15. The first-order valence-corrected chi connectivity index (χ1v) is 20.8. The molecule has 3 aliphatic heterocycles. The van der Waals surface area contributed by atoms with Gasteiger partial charge < -0.3 is 73.2 Å². The van der Waals surface area contributed by atoms with Crippen molar-refractivity contribution in [3.8, 4) is 0 Å². The van der Waals surface area contributed by atoms with Gasteiger partial charge in [-0.3, -0.25) is 4.79 Å². The standard InChI is InChI=1S/C41H76N2O15/c1-15-29-41(10,49)34(45)24(4)31(42-53-21-52-17-16-50-13)22(2)19-39(8,48)36(58-38-32(44)28(43(11)12)18-23(3)54-38)25(5)33(26(6)37(47)56-29)57-30-20-40(9,51-14)35(46)27(7)55-30/h22-30,32-36,38,44-46,48-49H,15-21H2,1-14H3/b42-31+/t22-,23-,24+,25?,26-,27+,28+,29-,30+,32-,33+,34-,35+,36-,38+,39-,40-,41-/m1/s1. The molecule has 1 unspecified atom stereocenters. The summed E-state index contributed by atoms with van der Waals surface area (Å²) in [6, 6.07) is -0.328. The number of aliphatic hydroxyl groups is 5. The highest BCUT2D eigenvalue weighted by Crippen LogP contribution is 2.41. The second-order valence-corrected chi connectivity index (χ2v) is 17.7. The van der Waals surface area contributed by atoms with Crippen LogP contribution >= 0.6 is 0 Å². The highest BCUT2D eigenvalue weighted by Gasteiger charge is 2.53. The molecule has 0 spiro atoms. The van der Waals surface area contributed by atoms with Gasteiger partial charge in [-0.2, -0.15) is 0 Å². The van der Waals surface area contributed by atoms with Crippen molar-refractivity contribution >= 4 is 11.7 Å². The minimum absolute atomic E-state index is 0.0307. The lowest BCUT2D eigenvalue weighted by atomic mass is 9.73. The molecule has 0 bridgehead atoms. The predicted octanol–water partition coefficient (Wildman–Crippen LogP) is 2.21. The first-order valence-electron chi connectivity index (χ1n) is 20.8. The van der Waals surface area contributed by atoms with E-state index in [9.17, 15) is 30.3 Å². The van der Waals surface area contributed by atoms with Crippen molar-refractivity contribution in [2.75, 3.05) is 48.3 Å². The quantitative estimate of drug-likeness (QED) is 0.0778. The Labute approximate surface area is 345 Å². The van der Waals surface area contributed by atoms with E-state index >= 15 is 0 Å². The van der Waals surface area contributed by atoms with E-state index in [0.29, 0.717) is 18.7 Å². The lowest BCUT2D eigenvalue weighted by Gasteiger charge is -2.49. The molecule has 17 nitrogen and oxygen atoms in total. The molecule has 3 fully saturated rings. The molecule has 17 heteroatoms. The number of rotatable bonds is 13. The second-order valence-electron chi connectivity index (χ2n) is 17.7. The molecular formula is C41H76N2O15. The summed E-state index contributed by atoms with van der Waals surface area (Å²) in [4.78, 5) is 21.8. The van der Waals surface area contributed by atoms with Gasteiger partial charge in [-0.25, -0.2) is 0 Å². The summed E-state index contributed by atoms with van der Waals surface area (Å²) in [6.45, 7) is 17.3. The topological polar surface area (TPSA) is 217 Å². The van der Waals surface area contributed by atoms with Crippen LogP contribution in [0.2, 0.25) is 0 Å². The Morgan fingerprint density at radius 3 is 2.14 bits per heavy atom. The second kappa shape index (κ2) is 21.5. The van der Waals surface area contributed by atoms with Crippen molar-refractivity contribution in [3.63, 3.8) is 0 Å². The van der Waals surface area contributed by atoms with Crippen LogP contribution in [0.4, 0.5) is 0 Å². The summed E-state index contributed by atoms with van der Waals surface area (Å²) >= 11 is 0. The number of hydrogen-bond acceptors (Lipinski definition) is 17. The molecule has 3 heterocycles. The average molecular weight is 837 g/mol. The monoisotopic (exact) mass is 837 g/mol. The molecule has 3 aliphatic rings. The maximum absolute atomic E-state index is 14.3. The van der Waals surface area contributed by atoms with Crippen LogP contribution in [0, 0.1) is 23.7 Å². The highest BCUT2D eigenvalue weighted by atomic mass is 16.7.